The van der Waals surface area contributed by atoms with Gasteiger partial charge in [-0.25, -0.2) is 8.78 Å². The highest BCUT2D eigenvalue weighted by Crippen LogP contribution is 2.28. The third-order valence-electron chi connectivity index (χ3n) is 8.18. The first-order chi connectivity index (χ1) is 19.7. The zero-order valence-electron chi connectivity index (χ0n) is 28.2. The van der Waals surface area contributed by atoms with Crippen molar-refractivity contribution in [2.45, 2.75) is 124 Å². The van der Waals surface area contributed by atoms with Gasteiger partial charge < -0.3 is 23.4 Å². The van der Waals surface area contributed by atoms with Crippen molar-refractivity contribution >= 4 is 0 Å². The van der Waals surface area contributed by atoms with Gasteiger partial charge in [0, 0.05) is 24.5 Å². The predicted octanol–water partition coefficient (Wildman–Crippen LogP) is 8.78. The number of halogens is 4. The molecule has 0 aliphatic carbocycles. The molecule has 0 aromatic rings. The molecule has 0 saturated carbocycles. The van der Waals surface area contributed by atoms with Gasteiger partial charge in [0.15, 0.2) is 0 Å². The van der Waals surface area contributed by atoms with E-state index in [4.69, 9.17) is 18.9 Å². The Kier molecular flexibility index (Phi) is 22.7. The highest BCUT2D eigenvalue weighted by molar-refractivity contribution is 4.77. The van der Waals surface area contributed by atoms with E-state index in [2.05, 4.69) is 21.0 Å². The zero-order valence-corrected chi connectivity index (χ0v) is 28.2. The minimum absolute atomic E-state index is 0.0860. The first-order valence-corrected chi connectivity index (χ1v) is 16.4. The number of hydrogen-bond acceptors (Lipinski definition) is 4. The van der Waals surface area contributed by atoms with Crippen molar-refractivity contribution in [2.24, 2.45) is 10.8 Å². The summed E-state index contributed by atoms with van der Waals surface area (Å²) in [6.07, 6.45) is 12.6. The number of methoxy groups -OCH3 is 1. The van der Waals surface area contributed by atoms with Gasteiger partial charge in [-0.05, 0) is 32.1 Å². The van der Waals surface area contributed by atoms with E-state index in [9.17, 15) is 17.6 Å². The summed E-state index contributed by atoms with van der Waals surface area (Å²) in [4.78, 5) is 0. The predicted molar refractivity (Wildman–Crippen MR) is 165 cm³/mol. The van der Waals surface area contributed by atoms with Gasteiger partial charge in [-0.2, -0.15) is 8.78 Å². The fourth-order valence-electron chi connectivity index (χ4n) is 4.96. The molecule has 0 aromatic carbocycles. The van der Waals surface area contributed by atoms with Crippen LogP contribution < -0.4 is 0 Å². The van der Waals surface area contributed by atoms with Gasteiger partial charge in [-0.15, -0.1) is 0 Å². The van der Waals surface area contributed by atoms with Crippen molar-refractivity contribution < 1.29 is 41.0 Å². The first-order valence-electron chi connectivity index (χ1n) is 16.4. The second kappa shape index (κ2) is 22.9. The smallest absolute Gasteiger partial charge is 0.330 e. The van der Waals surface area contributed by atoms with E-state index in [0.717, 1.165) is 23.9 Å². The van der Waals surface area contributed by atoms with Gasteiger partial charge in [0.05, 0.1) is 60.2 Å². The molecular formula is C33H66F4NO4+. The summed E-state index contributed by atoms with van der Waals surface area (Å²) in [7, 11) is 6.28. The topological polar surface area (TPSA) is 36.9 Å². The Bertz CT molecular complexity index is 641. The molecule has 0 heterocycles. The van der Waals surface area contributed by atoms with Crippen LogP contribution in [0.1, 0.15) is 111 Å². The number of quaternary nitrogens is 1. The Morgan fingerprint density at radius 1 is 0.595 bits per heavy atom. The number of alkyl halides is 4. The lowest BCUT2D eigenvalue weighted by Crippen LogP contribution is -2.41. The van der Waals surface area contributed by atoms with Gasteiger partial charge in [0.25, 0.3) is 0 Å². The summed E-state index contributed by atoms with van der Waals surface area (Å²) >= 11 is 0. The van der Waals surface area contributed by atoms with E-state index in [1.54, 1.807) is 7.11 Å². The number of ether oxygens (including phenoxy) is 4. The molecule has 5 nitrogen and oxygen atoms in total. The molecule has 0 aliphatic heterocycles. The zero-order chi connectivity index (χ0) is 32.0. The average Bonchev–Trinajstić information content (AvgIpc) is 2.91. The normalized spacial score (nSPS) is 15.7. The molecular weight excluding hydrogens is 550 g/mol. The molecule has 0 rings (SSSR count). The van der Waals surface area contributed by atoms with Crippen LogP contribution in [-0.4, -0.2) is 97.4 Å². The average molecular weight is 617 g/mol. The van der Waals surface area contributed by atoms with Crippen molar-refractivity contribution in [2.75, 3.05) is 80.5 Å². The number of rotatable bonds is 30. The molecule has 0 spiro atoms. The summed E-state index contributed by atoms with van der Waals surface area (Å²) in [5.74, 6) is -4.15. The lowest BCUT2D eigenvalue weighted by Gasteiger charge is -2.33. The van der Waals surface area contributed by atoms with Crippen LogP contribution in [0.25, 0.3) is 0 Å². The molecule has 2 atom stereocenters. The summed E-state index contributed by atoms with van der Waals surface area (Å²) in [5.41, 5.74) is -0.927. The van der Waals surface area contributed by atoms with Crippen molar-refractivity contribution in [3.05, 3.63) is 0 Å². The Hall–Kier alpha value is -0.480. The van der Waals surface area contributed by atoms with Gasteiger partial charge in [0.2, 0.25) is 0 Å². The van der Waals surface area contributed by atoms with Crippen molar-refractivity contribution in [3.8, 4) is 0 Å². The minimum Gasteiger partial charge on any atom is -0.384 e. The second-order valence-corrected chi connectivity index (χ2v) is 13.8. The van der Waals surface area contributed by atoms with Gasteiger partial charge in [-0.3, -0.25) is 0 Å². The number of nitrogens with zero attached hydrogens (tertiary/aromatic N) is 1. The monoisotopic (exact) mass is 616 g/mol. The molecule has 0 amide bonds. The maximum Gasteiger partial charge on any atom is 0.330 e. The van der Waals surface area contributed by atoms with E-state index in [-0.39, 0.29) is 18.6 Å². The van der Waals surface area contributed by atoms with Crippen molar-refractivity contribution in [3.63, 3.8) is 0 Å². The van der Waals surface area contributed by atoms with E-state index in [1.165, 1.54) is 70.8 Å². The molecule has 254 valence electrons. The molecule has 0 N–H and O–H groups in total. The molecule has 9 heteroatoms. The summed E-state index contributed by atoms with van der Waals surface area (Å²) < 4.78 is 74.5. The van der Waals surface area contributed by atoms with Crippen molar-refractivity contribution in [1.82, 2.24) is 0 Å². The van der Waals surface area contributed by atoms with Crippen LogP contribution in [-0.2, 0) is 18.9 Å². The fraction of sp³-hybridized carbons (Fsp3) is 1.00. The van der Waals surface area contributed by atoms with E-state index >= 15 is 0 Å². The van der Waals surface area contributed by atoms with Gasteiger partial charge in [-0.1, -0.05) is 79.1 Å². The Morgan fingerprint density at radius 2 is 1.05 bits per heavy atom. The largest absolute Gasteiger partial charge is 0.384 e. The van der Waals surface area contributed by atoms with Gasteiger partial charge in [0.1, 0.15) is 6.61 Å². The van der Waals surface area contributed by atoms with E-state index in [1.807, 2.05) is 20.8 Å². The summed E-state index contributed by atoms with van der Waals surface area (Å²) in [5, 5.41) is 0. The highest BCUT2D eigenvalue weighted by atomic mass is 19.3. The Balaban J connectivity index is 4.19. The van der Waals surface area contributed by atoms with E-state index < -0.39 is 24.4 Å². The van der Waals surface area contributed by atoms with Gasteiger partial charge >= 0.3 is 12.3 Å². The van der Waals surface area contributed by atoms with Crippen LogP contribution in [0.15, 0.2) is 0 Å². The van der Waals surface area contributed by atoms with Crippen LogP contribution in [0, 0.1) is 10.8 Å². The minimum atomic E-state index is -4.15. The van der Waals surface area contributed by atoms with Crippen molar-refractivity contribution in [1.29, 1.82) is 0 Å². The molecule has 2 unspecified atom stereocenters. The maximum absolute atomic E-state index is 13.2. The maximum atomic E-state index is 13.2. The number of hydrogen-bond donors (Lipinski definition) is 0. The summed E-state index contributed by atoms with van der Waals surface area (Å²) in [6, 6.07) is 0. The van der Waals surface area contributed by atoms with Crippen LogP contribution in [0.2, 0.25) is 0 Å². The molecule has 0 aromatic heterocycles. The molecule has 42 heavy (non-hydrogen) atoms. The summed E-state index contributed by atoms with van der Waals surface area (Å²) in [6.45, 7) is 11.2. The molecule has 0 radical (unpaired) electrons. The molecule has 0 saturated heterocycles. The van der Waals surface area contributed by atoms with Crippen LogP contribution >= 0.6 is 0 Å². The standard InChI is InChI=1S/C33H66F4NO4/c1-8-10-11-12-13-14-15-16-17-18-21-38(5,6)22-19-20-23-40-27-32(4,24-39-7)28-41-25-31(3,9-2)26-42-29-33(36,37)30(34)35/h30H,8-29H2,1-7H3/q+1. The SMILES string of the molecule is CCCCCCCCCCCC[N+](C)(C)CCCCOCC(C)(COC)COCC(C)(CC)COCC(F)(F)C(F)F. The fourth-order valence-corrected chi connectivity index (χ4v) is 4.96. The second-order valence-electron chi connectivity index (χ2n) is 13.8. The quantitative estimate of drug-likeness (QED) is 0.0459. The third-order valence-corrected chi connectivity index (χ3v) is 8.18. The molecule has 0 fully saturated rings. The Morgan fingerprint density at radius 3 is 1.55 bits per heavy atom. The van der Waals surface area contributed by atoms with E-state index in [0.29, 0.717) is 32.8 Å². The number of unbranched alkanes of at least 4 members (excludes halogenated alkanes) is 10. The Labute approximate surface area is 256 Å². The lowest BCUT2D eigenvalue weighted by molar-refractivity contribution is -0.890. The van der Waals surface area contributed by atoms with Crippen LogP contribution in [0.3, 0.4) is 0 Å². The highest BCUT2D eigenvalue weighted by Gasteiger charge is 2.41. The van der Waals surface area contributed by atoms with Crippen LogP contribution in [0.4, 0.5) is 17.6 Å². The third kappa shape index (κ3) is 21.3. The molecule has 0 aliphatic rings. The lowest BCUT2D eigenvalue weighted by atomic mass is 9.89. The first kappa shape index (κ1) is 41.5. The van der Waals surface area contributed by atoms with Crippen LogP contribution in [0.5, 0.6) is 0 Å². The molecule has 0 bridgehead atoms.